The van der Waals surface area contributed by atoms with Gasteiger partial charge in [-0.1, -0.05) is 17.7 Å². The highest BCUT2D eigenvalue weighted by atomic mass is 16.5. The number of hydrogen-bond donors (Lipinski definition) is 1. The quantitative estimate of drug-likeness (QED) is 0.760. The summed E-state index contributed by atoms with van der Waals surface area (Å²) in [6.45, 7) is 10.6. The van der Waals surface area contributed by atoms with Crippen molar-refractivity contribution in [3.63, 3.8) is 0 Å². The van der Waals surface area contributed by atoms with Crippen LogP contribution >= 0.6 is 0 Å². The maximum Gasteiger partial charge on any atom is 0.248 e. The highest BCUT2D eigenvalue weighted by Gasteiger charge is 2.21. The van der Waals surface area contributed by atoms with Crippen molar-refractivity contribution < 1.29 is 14.3 Å². The summed E-state index contributed by atoms with van der Waals surface area (Å²) < 4.78 is 11.6. The van der Waals surface area contributed by atoms with Crippen molar-refractivity contribution in [2.75, 3.05) is 11.9 Å². The second kappa shape index (κ2) is 7.87. The van der Waals surface area contributed by atoms with Crippen LogP contribution in [-0.4, -0.2) is 18.6 Å². The maximum atomic E-state index is 12.5. The van der Waals surface area contributed by atoms with Gasteiger partial charge in [0, 0.05) is 29.3 Å². The van der Waals surface area contributed by atoms with E-state index in [-0.39, 0.29) is 12.0 Å². The molecule has 0 bridgehead atoms. The monoisotopic (exact) mass is 365 g/mol. The molecule has 1 amide bonds. The summed E-state index contributed by atoms with van der Waals surface area (Å²) in [6.07, 6.45) is 4.38. The van der Waals surface area contributed by atoms with Crippen molar-refractivity contribution in [2.24, 2.45) is 0 Å². The van der Waals surface area contributed by atoms with Crippen LogP contribution in [0.4, 0.5) is 5.69 Å². The van der Waals surface area contributed by atoms with Crippen LogP contribution in [-0.2, 0) is 11.2 Å². The topological polar surface area (TPSA) is 47.6 Å². The molecule has 0 spiro atoms. The number of hydrogen-bond acceptors (Lipinski definition) is 3. The Balaban J connectivity index is 1.81. The third kappa shape index (κ3) is 4.33. The van der Waals surface area contributed by atoms with E-state index in [1.807, 2.05) is 32.9 Å². The summed E-state index contributed by atoms with van der Waals surface area (Å²) in [5.74, 6) is 1.49. The number of rotatable bonds is 5. The Morgan fingerprint density at radius 3 is 2.59 bits per heavy atom. The molecule has 1 heterocycles. The normalized spacial score (nSPS) is 15.5. The first-order chi connectivity index (χ1) is 12.9. The number of benzene rings is 2. The van der Waals surface area contributed by atoms with E-state index in [0.717, 1.165) is 45.9 Å². The van der Waals surface area contributed by atoms with Crippen molar-refractivity contribution in [3.8, 4) is 11.5 Å². The van der Waals surface area contributed by atoms with Gasteiger partial charge in [-0.15, -0.1) is 0 Å². The Kier molecular flexibility index (Phi) is 5.54. The average Bonchev–Trinajstić information content (AvgIpc) is 2.95. The zero-order valence-corrected chi connectivity index (χ0v) is 16.7. The first kappa shape index (κ1) is 19.0. The van der Waals surface area contributed by atoms with E-state index in [9.17, 15) is 4.79 Å². The van der Waals surface area contributed by atoms with Gasteiger partial charge in [0.15, 0.2) is 0 Å². The van der Waals surface area contributed by atoms with Crippen molar-refractivity contribution in [2.45, 2.75) is 47.1 Å². The lowest BCUT2D eigenvalue weighted by Gasteiger charge is -2.12. The Bertz CT molecular complexity index is 876. The summed E-state index contributed by atoms with van der Waals surface area (Å²) >= 11 is 0. The molecule has 3 rings (SSSR count). The van der Waals surface area contributed by atoms with Crippen LogP contribution in [0.2, 0.25) is 0 Å². The Labute approximate surface area is 161 Å². The van der Waals surface area contributed by atoms with E-state index in [1.54, 1.807) is 12.2 Å². The van der Waals surface area contributed by atoms with Gasteiger partial charge in [0.2, 0.25) is 5.91 Å². The maximum absolute atomic E-state index is 12.5. The molecule has 0 saturated heterocycles. The van der Waals surface area contributed by atoms with E-state index in [4.69, 9.17) is 9.47 Å². The molecule has 1 aliphatic rings. The minimum absolute atomic E-state index is 0.165. The minimum Gasteiger partial charge on any atom is -0.493 e. The van der Waals surface area contributed by atoms with Gasteiger partial charge in [0.05, 0.1) is 6.61 Å². The summed E-state index contributed by atoms with van der Waals surface area (Å²) in [4.78, 5) is 12.5. The lowest BCUT2D eigenvalue weighted by atomic mass is 10.0. The van der Waals surface area contributed by atoms with Crippen molar-refractivity contribution in [1.82, 2.24) is 0 Å². The molecule has 4 nitrogen and oxygen atoms in total. The number of aryl methyl sites for hydroxylation is 3. The smallest absolute Gasteiger partial charge is 0.248 e. The average molecular weight is 365 g/mol. The molecule has 142 valence electrons. The molecule has 0 radical (unpaired) electrons. The molecule has 0 saturated carbocycles. The number of nitrogens with one attached hydrogen (secondary N) is 1. The summed E-state index contributed by atoms with van der Waals surface area (Å²) in [7, 11) is 0. The third-order valence-corrected chi connectivity index (χ3v) is 4.67. The molecule has 0 aliphatic carbocycles. The molecule has 1 atom stereocenters. The van der Waals surface area contributed by atoms with E-state index in [0.29, 0.717) is 6.61 Å². The third-order valence-electron chi connectivity index (χ3n) is 4.67. The van der Waals surface area contributed by atoms with Gasteiger partial charge >= 0.3 is 0 Å². The van der Waals surface area contributed by atoms with Crippen LogP contribution in [0, 0.1) is 20.8 Å². The molecule has 0 fully saturated rings. The standard InChI is InChI=1S/C23H27NO3/c1-6-26-20-13-19-11-17(5)27-21(19)12-18(20)7-8-22(25)24-23-15(3)9-14(2)10-16(23)4/h7-10,12-13,17H,6,11H2,1-5H3,(H,24,25). The molecule has 0 aromatic heterocycles. The predicted octanol–water partition coefficient (Wildman–Crippen LogP) is 4.99. The van der Waals surface area contributed by atoms with Crippen molar-refractivity contribution >= 4 is 17.7 Å². The van der Waals surface area contributed by atoms with Gasteiger partial charge < -0.3 is 14.8 Å². The van der Waals surface area contributed by atoms with Gasteiger partial charge in [-0.05, 0) is 64.0 Å². The SMILES string of the molecule is CCOc1cc2c(cc1C=CC(=O)Nc1c(C)cc(C)cc1C)OC(C)C2. The lowest BCUT2D eigenvalue weighted by Crippen LogP contribution is -2.10. The zero-order valence-electron chi connectivity index (χ0n) is 16.7. The highest BCUT2D eigenvalue weighted by Crippen LogP contribution is 2.35. The first-order valence-corrected chi connectivity index (χ1v) is 9.40. The Morgan fingerprint density at radius 1 is 1.22 bits per heavy atom. The van der Waals surface area contributed by atoms with Crippen molar-refractivity contribution in [1.29, 1.82) is 0 Å². The van der Waals surface area contributed by atoms with Gasteiger partial charge in [0.25, 0.3) is 0 Å². The summed E-state index contributed by atoms with van der Waals surface area (Å²) in [5, 5.41) is 2.99. The molecular weight excluding hydrogens is 338 g/mol. The molecule has 4 heteroatoms. The van der Waals surface area contributed by atoms with E-state index >= 15 is 0 Å². The molecule has 1 unspecified atom stereocenters. The number of anilines is 1. The molecular formula is C23H27NO3. The molecule has 1 aliphatic heterocycles. The minimum atomic E-state index is -0.165. The van der Waals surface area contributed by atoms with Crippen LogP contribution < -0.4 is 14.8 Å². The largest absolute Gasteiger partial charge is 0.493 e. The number of ether oxygens (including phenoxy) is 2. The number of fused-ring (bicyclic) bond motifs is 1. The van der Waals surface area contributed by atoms with Crippen LogP contribution in [0.25, 0.3) is 6.08 Å². The van der Waals surface area contributed by atoms with E-state index in [2.05, 4.69) is 31.3 Å². The second-order valence-electron chi connectivity index (χ2n) is 7.16. The van der Waals surface area contributed by atoms with E-state index < -0.39 is 0 Å². The molecule has 1 N–H and O–H groups in total. The first-order valence-electron chi connectivity index (χ1n) is 9.40. The zero-order chi connectivity index (χ0) is 19.6. The van der Waals surface area contributed by atoms with E-state index in [1.165, 1.54) is 5.56 Å². The second-order valence-corrected chi connectivity index (χ2v) is 7.16. The van der Waals surface area contributed by atoms with Crippen LogP contribution in [0.3, 0.4) is 0 Å². The Hall–Kier alpha value is -2.75. The number of carbonyl (C=O) groups is 1. The van der Waals surface area contributed by atoms with Gasteiger partial charge in [0.1, 0.15) is 17.6 Å². The van der Waals surface area contributed by atoms with Crippen LogP contribution in [0.5, 0.6) is 11.5 Å². The Morgan fingerprint density at radius 2 is 1.93 bits per heavy atom. The number of carbonyl (C=O) groups excluding carboxylic acids is 1. The van der Waals surface area contributed by atoms with Gasteiger partial charge in [-0.25, -0.2) is 0 Å². The molecule has 27 heavy (non-hydrogen) atoms. The fourth-order valence-corrected chi connectivity index (χ4v) is 3.57. The van der Waals surface area contributed by atoms with Gasteiger partial charge in [-0.3, -0.25) is 4.79 Å². The fraction of sp³-hybridized carbons (Fsp3) is 0.348. The highest BCUT2D eigenvalue weighted by molar-refractivity contribution is 6.03. The molecule has 2 aromatic carbocycles. The summed E-state index contributed by atoms with van der Waals surface area (Å²) in [6, 6.07) is 8.11. The number of amides is 1. The van der Waals surface area contributed by atoms with Gasteiger partial charge in [-0.2, -0.15) is 0 Å². The van der Waals surface area contributed by atoms with Crippen LogP contribution in [0.1, 0.15) is 41.7 Å². The van der Waals surface area contributed by atoms with Crippen molar-refractivity contribution in [3.05, 3.63) is 58.2 Å². The summed E-state index contributed by atoms with van der Waals surface area (Å²) in [5.41, 5.74) is 6.17. The van der Waals surface area contributed by atoms with Crippen LogP contribution in [0.15, 0.2) is 30.3 Å². The fourth-order valence-electron chi connectivity index (χ4n) is 3.57. The molecule has 2 aromatic rings. The predicted molar refractivity (Wildman–Crippen MR) is 110 cm³/mol. The lowest BCUT2D eigenvalue weighted by molar-refractivity contribution is -0.111.